The molecule has 0 bridgehead atoms. The van der Waals surface area contributed by atoms with Crippen LogP contribution in [0.1, 0.15) is 41.5 Å². The number of rotatable bonds is 7. The SMILES string of the molecule is COc1ccc2c(c1)CCC1=C2NC(Cc2ccccc2)C(NC(=O)CCCc2ccccc2)=N1. The smallest absolute Gasteiger partial charge is 0.225 e. The van der Waals surface area contributed by atoms with Crippen molar-refractivity contribution in [2.75, 3.05) is 7.11 Å². The van der Waals surface area contributed by atoms with Crippen LogP contribution in [0.25, 0.3) is 5.70 Å². The summed E-state index contributed by atoms with van der Waals surface area (Å²) in [6, 6.07) is 26.7. The molecule has 0 saturated heterocycles. The van der Waals surface area contributed by atoms with Crippen molar-refractivity contribution in [3.8, 4) is 5.75 Å². The Bertz CT molecular complexity index is 1250. The monoisotopic (exact) mass is 465 g/mol. The number of ether oxygens (including phenoxy) is 1. The van der Waals surface area contributed by atoms with Gasteiger partial charge in [0.2, 0.25) is 5.91 Å². The Labute approximate surface area is 206 Å². The number of hydrogen-bond acceptors (Lipinski definition) is 4. The number of nitrogens with zero attached hydrogens (tertiary/aromatic N) is 1. The lowest BCUT2D eigenvalue weighted by molar-refractivity contribution is -0.119. The van der Waals surface area contributed by atoms with Crippen LogP contribution in [0.2, 0.25) is 0 Å². The molecule has 3 aromatic rings. The minimum atomic E-state index is -0.109. The highest BCUT2D eigenvalue weighted by atomic mass is 16.5. The van der Waals surface area contributed by atoms with Gasteiger partial charge < -0.3 is 15.4 Å². The van der Waals surface area contributed by atoms with E-state index in [1.165, 1.54) is 22.3 Å². The lowest BCUT2D eigenvalue weighted by Gasteiger charge is -2.33. The molecule has 1 atom stereocenters. The highest BCUT2D eigenvalue weighted by molar-refractivity contribution is 6.03. The minimum absolute atomic E-state index is 0.0181. The molecule has 1 amide bonds. The molecule has 0 aromatic heterocycles. The van der Waals surface area contributed by atoms with Gasteiger partial charge in [-0.1, -0.05) is 60.7 Å². The van der Waals surface area contributed by atoms with Gasteiger partial charge in [-0.05, 0) is 67.0 Å². The van der Waals surface area contributed by atoms with Gasteiger partial charge in [-0.2, -0.15) is 0 Å². The highest BCUT2D eigenvalue weighted by Gasteiger charge is 2.30. The summed E-state index contributed by atoms with van der Waals surface area (Å²) >= 11 is 0. The number of amides is 1. The van der Waals surface area contributed by atoms with E-state index < -0.39 is 0 Å². The van der Waals surface area contributed by atoms with E-state index in [2.05, 4.69) is 47.0 Å². The maximum Gasteiger partial charge on any atom is 0.225 e. The molecular formula is C30H31N3O2. The van der Waals surface area contributed by atoms with Crippen LogP contribution in [-0.2, 0) is 24.1 Å². The largest absolute Gasteiger partial charge is 0.497 e. The van der Waals surface area contributed by atoms with Crippen molar-refractivity contribution in [2.24, 2.45) is 4.99 Å². The van der Waals surface area contributed by atoms with E-state index in [1.807, 2.05) is 42.5 Å². The molecule has 0 radical (unpaired) electrons. The van der Waals surface area contributed by atoms with E-state index in [0.717, 1.165) is 49.2 Å². The van der Waals surface area contributed by atoms with E-state index in [0.29, 0.717) is 12.3 Å². The fourth-order valence-electron chi connectivity index (χ4n) is 4.84. The van der Waals surface area contributed by atoms with E-state index in [4.69, 9.17) is 9.73 Å². The Morgan fingerprint density at radius 2 is 1.74 bits per heavy atom. The molecule has 3 aromatic carbocycles. The molecule has 178 valence electrons. The minimum Gasteiger partial charge on any atom is -0.497 e. The van der Waals surface area contributed by atoms with Gasteiger partial charge in [0.25, 0.3) is 0 Å². The number of methoxy groups -OCH3 is 1. The number of carbonyl (C=O) groups is 1. The molecule has 1 aliphatic carbocycles. The zero-order valence-corrected chi connectivity index (χ0v) is 20.1. The van der Waals surface area contributed by atoms with Crippen LogP contribution in [-0.4, -0.2) is 24.9 Å². The molecule has 1 heterocycles. The quantitative estimate of drug-likeness (QED) is 0.513. The van der Waals surface area contributed by atoms with Gasteiger partial charge in [-0.3, -0.25) is 4.79 Å². The molecule has 2 N–H and O–H groups in total. The zero-order chi connectivity index (χ0) is 24.0. The van der Waals surface area contributed by atoms with Crippen LogP contribution in [0.3, 0.4) is 0 Å². The first-order valence-electron chi connectivity index (χ1n) is 12.3. The maximum absolute atomic E-state index is 12.9. The Hall–Kier alpha value is -3.86. The van der Waals surface area contributed by atoms with Crippen molar-refractivity contribution in [1.82, 2.24) is 10.6 Å². The molecular weight excluding hydrogens is 434 g/mol. The number of carbonyl (C=O) groups excluding carboxylic acids is 1. The average molecular weight is 466 g/mol. The van der Waals surface area contributed by atoms with Gasteiger partial charge >= 0.3 is 0 Å². The molecule has 0 fully saturated rings. The first-order valence-corrected chi connectivity index (χ1v) is 12.3. The van der Waals surface area contributed by atoms with Gasteiger partial charge in [0, 0.05) is 12.0 Å². The fraction of sp³-hybridized carbons (Fsp3) is 0.267. The number of fused-ring (bicyclic) bond motifs is 2. The molecule has 1 aliphatic heterocycles. The summed E-state index contributed by atoms with van der Waals surface area (Å²) in [5.41, 5.74) is 6.96. The maximum atomic E-state index is 12.9. The Kier molecular flexibility index (Phi) is 6.94. The van der Waals surface area contributed by atoms with Crippen molar-refractivity contribution in [3.05, 3.63) is 107 Å². The van der Waals surface area contributed by atoms with Crippen LogP contribution >= 0.6 is 0 Å². The second kappa shape index (κ2) is 10.6. The van der Waals surface area contributed by atoms with Gasteiger partial charge in [0.05, 0.1) is 24.5 Å². The second-order valence-electron chi connectivity index (χ2n) is 9.12. The van der Waals surface area contributed by atoms with Crippen LogP contribution in [0.5, 0.6) is 5.75 Å². The fourth-order valence-corrected chi connectivity index (χ4v) is 4.84. The third kappa shape index (κ3) is 5.46. The second-order valence-corrected chi connectivity index (χ2v) is 9.12. The molecule has 0 saturated carbocycles. The number of nitrogens with one attached hydrogen (secondary N) is 2. The van der Waals surface area contributed by atoms with Crippen molar-refractivity contribution in [3.63, 3.8) is 0 Å². The van der Waals surface area contributed by atoms with Crippen molar-refractivity contribution in [1.29, 1.82) is 0 Å². The number of aryl methyl sites for hydroxylation is 2. The lowest BCUT2D eigenvalue weighted by Crippen LogP contribution is -2.49. The van der Waals surface area contributed by atoms with Crippen LogP contribution < -0.4 is 15.4 Å². The van der Waals surface area contributed by atoms with Crippen molar-refractivity contribution < 1.29 is 9.53 Å². The summed E-state index contributed by atoms with van der Waals surface area (Å²) in [5.74, 6) is 1.61. The van der Waals surface area contributed by atoms with E-state index >= 15 is 0 Å². The molecule has 5 heteroatoms. The lowest BCUT2D eigenvalue weighted by atomic mass is 9.90. The van der Waals surface area contributed by atoms with E-state index in [1.54, 1.807) is 7.11 Å². The Morgan fingerprint density at radius 3 is 2.49 bits per heavy atom. The Morgan fingerprint density at radius 1 is 1.00 bits per heavy atom. The molecule has 1 unspecified atom stereocenters. The van der Waals surface area contributed by atoms with Gasteiger partial charge in [0.1, 0.15) is 11.6 Å². The third-order valence-corrected chi connectivity index (χ3v) is 6.67. The summed E-state index contributed by atoms with van der Waals surface area (Å²) in [6.45, 7) is 0. The molecule has 5 nitrogen and oxygen atoms in total. The normalized spacial score (nSPS) is 16.5. The van der Waals surface area contributed by atoms with Crippen molar-refractivity contribution in [2.45, 2.75) is 44.6 Å². The summed E-state index contributed by atoms with van der Waals surface area (Å²) in [4.78, 5) is 17.9. The molecule has 2 aliphatic rings. The summed E-state index contributed by atoms with van der Waals surface area (Å²) < 4.78 is 5.43. The van der Waals surface area contributed by atoms with Gasteiger partial charge in [-0.15, -0.1) is 0 Å². The summed E-state index contributed by atoms with van der Waals surface area (Å²) in [6.07, 6.45) is 4.64. The topological polar surface area (TPSA) is 62.7 Å². The van der Waals surface area contributed by atoms with Gasteiger partial charge in [0.15, 0.2) is 0 Å². The summed E-state index contributed by atoms with van der Waals surface area (Å²) in [5, 5.41) is 6.87. The average Bonchev–Trinajstić information content (AvgIpc) is 2.90. The predicted octanol–water partition coefficient (Wildman–Crippen LogP) is 5.06. The van der Waals surface area contributed by atoms with Crippen LogP contribution in [0.15, 0.2) is 89.6 Å². The molecule has 35 heavy (non-hydrogen) atoms. The first kappa shape index (κ1) is 22.9. The van der Waals surface area contributed by atoms with Gasteiger partial charge in [-0.25, -0.2) is 4.99 Å². The van der Waals surface area contributed by atoms with E-state index in [9.17, 15) is 4.79 Å². The number of allylic oxidation sites excluding steroid dienone is 1. The summed E-state index contributed by atoms with van der Waals surface area (Å²) in [7, 11) is 1.70. The third-order valence-electron chi connectivity index (χ3n) is 6.67. The number of hydrogen-bond donors (Lipinski definition) is 2. The first-order chi connectivity index (χ1) is 17.2. The standard InChI is InChI=1S/C30H31N3O2/c1-35-24-16-17-25-23(20-24)15-18-26-29(25)31-27(19-22-11-6-3-7-12-22)30(32-26)33-28(34)14-8-13-21-9-4-2-5-10-21/h2-7,9-12,16-17,20,27,31H,8,13-15,18-19H2,1H3,(H,32,33,34). The molecule has 0 spiro atoms. The number of aliphatic imine (C=N–C) groups is 1. The number of amidine groups is 1. The Balaban J connectivity index is 1.35. The number of benzene rings is 3. The predicted molar refractivity (Wildman–Crippen MR) is 140 cm³/mol. The van der Waals surface area contributed by atoms with Crippen LogP contribution in [0, 0.1) is 0 Å². The van der Waals surface area contributed by atoms with Crippen molar-refractivity contribution >= 4 is 17.4 Å². The zero-order valence-electron chi connectivity index (χ0n) is 20.1. The molecule has 5 rings (SSSR count). The van der Waals surface area contributed by atoms with E-state index in [-0.39, 0.29) is 11.9 Å². The highest BCUT2D eigenvalue weighted by Crippen LogP contribution is 2.35. The van der Waals surface area contributed by atoms with Crippen LogP contribution in [0.4, 0.5) is 0 Å².